The Morgan fingerprint density at radius 2 is 2.28 bits per heavy atom. The Bertz CT molecular complexity index is 556. The fraction of sp³-hybridized carbons (Fsp3) is 0.500. The van der Waals surface area contributed by atoms with E-state index in [-0.39, 0.29) is 12.1 Å². The van der Waals surface area contributed by atoms with E-state index < -0.39 is 0 Å². The highest BCUT2D eigenvalue weighted by Gasteiger charge is 2.23. The number of hydrogen-bond donors (Lipinski definition) is 2. The minimum Gasteiger partial charge on any atom is -0.391 e. The molecule has 2 aromatic rings. The summed E-state index contributed by atoms with van der Waals surface area (Å²) in [5, 5.41) is 17.3. The number of anilines is 1. The van der Waals surface area contributed by atoms with Crippen LogP contribution in [0, 0.1) is 6.20 Å². The zero-order chi connectivity index (χ0) is 12.5. The molecule has 0 bridgehead atoms. The van der Waals surface area contributed by atoms with E-state index in [0.717, 1.165) is 41.6 Å². The largest absolute Gasteiger partial charge is 0.391 e. The van der Waals surface area contributed by atoms with E-state index in [0.29, 0.717) is 0 Å². The molecule has 2 atom stereocenters. The maximum atomic E-state index is 9.93. The van der Waals surface area contributed by atoms with Crippen LogP contribution in [0.3, 0.4) is 0 Å². The van der Waals surface area contributed by atoms with Crippen LogP contribution in [0.2, 0.25) is 0 Å². The molecule has 0 unspecified atom stereocenters. The number of aromatic nitrogens is 3. The van der Waals surface area contributed by atoms with Gasteiger partial charge in [0.2, 0.25) is 0 Å². The molecule has 6 heteroatoms. The number of nitrogens with one attached hydrogen (secondary N) is 1. The van der Waals surface area contributed by atoms with Crippen LogP contribution in [0.4, 0.5) is 5.82 Å². The predicted octanol–water partition coefficient (Wildman–Crippen LogP) is 2.01. The first kappa shape index (κ1) is 11.9. The van der Waals surface area contributed by atoms with Crippen LogP contribution in [0.1, 0.15) is 25.7 Å². The molecule has 3 rings (SSSR count). The molecular formula is C12H14BrN4O. The van der Waals surface area contributed by atoms with E-state index in [1.54, 1.807) is 16.8 Å². The quantitative estimate of drug-likeness (QED) is 0.891. The van der Waals surface area contributed by atoms with Crippen molar-refractivity contribution in [2.75, 3.05) is 5.32 Å². The van der Waals surface area contributed by atoms with Crippen molar-refractivity contribution in [3.8, 4) is 0 Å². The maximum Gasteiger partial charge on any atom is 0.172 e. The third kappa shape index (κ3) is 2.22. The van der Waals surface area contributed by atoms with Gasteiger partial charge in [0.25, 0.3) is 0 Å². The first-order chi connectivity index (χ1) is 8.74. The molecule has 1 aliphatic carbocycles. The summed E-state index contributed by atoms with van der Waals surface area (Å²) in [7, 11) is 0. The number of hydrogen-bond acceptors (Lipinski definition) is 4. The summed E-state index contributed by atoms with van der Waals surface area (Å²) in [6, 6.07) is 1.84. The summed E-state index contributed by atoms with van der Waals surface area (Å²) in [5.41, 5.74) is 0.727. The molecule has 2 heterocycles. The second kappa shape index (κ2) is 4.85. The van der Waals surface area contributed by atoms with Gasteiger partial charge < -0.3 is 10.4 Å². The number of nitrogens with zero attached hydrogens (tertiary/aromatic N) is 3. The molecule has 5 nitrogen and oxygen atoms in total. The highest BCUT2D eigenvalue weighted by molar-refractivity contribution is 9.10. The van der Waals surface area contributed by atoms with Crippen LogP contribution < -0.4 is 5.32 Å². The summed E-state index contributed by atoms with van der Waals surface area (Å²) in [6.45, 7) is 0. The van der Waals surface area contributed by atoms with Crippen molar-refractivity contribution in [1.82, 2.24) is 14.6 Å². The molecule has 0 amide bonds. The van der Waals surface area contributed by atoms with Crippen LogP contribution in [-0.4, -0.2) is 31.9 Å². The van der Waals surface area contributed by atoms with Gasteiger partial charge in [-0.05, 0) is 28.8 Å². The molecule has 2 N–H and O–H groups in total. The van der Waals surface area contributed by atoms with Crippen LogP contribution >= 0.6 is 15.9 Å². The fourth-order valence-corrected chi connectivity index (χ4v) is 2.68. The van der Waals surface area contributed by atoms with E-state index in [1.165, 1.54) is 0 Å². The van der Waals surface area contributed by atoms with Gasteiger partial charge in [0.1, 0.15) is 5.82 Å². The normalized spacial score (nSPS) is 24.3. The molecule has 95 valence electrons. The third-order valence-electron chi connectivity index (χ3n) is 3.31. The Kier molecular flexibility index (Phi) is 3.22. The zero-order valence-electron chi connectivity index (χ0n) is 9.80. The van der Waals surface area contributed by atoms with Gasteiger partial charge in [-0.2, -0.15) is 5.10 Å². The van der Waals surface area contributed by atoms with Crippen molar-refractivity contribution in [1.29, 1.82) is 0 Å². The van der Waals surface area contributed by atoms with Gasteiger partial charge in [-0.3, -0.25) is 0 Å². The van der Waals surface area contributed by atoms with E-state index in [9.17, 15) is 5.11 Å². The lowest BCUT2D eigenvalue weighted by molar-refractivity contribution is 0.116. The first-order valence-electron chi connectivity index (χ1n) is 6.10. The molecule has 1 radical (unpaired) electrons. The second-order valence-corrected chi connectivity index (χ2v) is 5.46. The van der Waals surface area contributed by atoms with Crippen molar-refractivity contribution >= 4 is 27.4 Å². The zero-order valence-corrected chi connectivity index (χ0v) is 11.4. The summed E-state index contributed by atoms with van der Waals surface area (Å²) < 4.78 is 2.43. The van der Waals surface area contributed by atoms with Crippen molar-refractivity contribution in [2.24, 2.45) is 0 Å². The Balaban J connectivity index is 1.83. The van der Waals surface area contributed by atoms with E-state index in [4.69, 9.17) is 0 Å². The lowest BCUT2D eigenvalue weighted by atomic mass is 9.93. The highest BCUT2D eigenvalue weighted by Crippen LogP contribution is 2.22. The molecule has 0 aromatic carbocycles. The van der Waals surface area contributed by atoms with Crippen LogP contribution in [0.5, 0.6) is 0 Å². The monoisotopic (exact) mass is 309 g/mol. The van der Waals surface area contributed by atoms with E-state index in [1.807, 2.05) is 0 Å². The standard InChI is InChI=1S/C12H14BrN4O/c13-8-7-14-17-6-5-11(16-12(8)17)15-9-3-1-2-4-10(9)18/h5,7,9-10,18H,1-4H2,(H,15,16)/t9-,10+/m0/s1. The Morgan fingerprint density at radius 3 is 3.11 bits per heavy atom. The smallest absolute Gasteiger partial charge is 0.172 e. The highest BCUT2D eigenvalue weighted by atomic mass is 79.9. The van der Waals surface area contributed by atoms with Crippen molar-refractivity contribution in [2.45, 2.75) is 37.8 Å². The topological polar surface area (TPSA) is 62.5 Å². The number of rotatable bonds is 2. The molecule has 1 aliphatic rings. The predicted molar refractivity (Wildman–Crippen MR) is 71.4 cm³/mol. The first-order valence-corrected chi connectivity index (χ1v) is 6.90. The Labute approximate surface area is 113 Å². The van der Waals surface area contributed by atoms with Gasteiger partial charge in [0.15, 0.2) is 5.65 Å². The molecule has 2 aromatic heterocycles. The van der Waals surface area contributed by atoms with Gasteiger partial charge in [0.05, 0.1) is 29.0 Å². The van der Waals surface area contributed by atoms with Gasteiger partial charge in [-0.1, -0.05) is 12.8 Å². The average molecular weight is 310 g/mol. The molecule has 18 heavy (non-hydrogen) atoms. The van der Waals surface area contributed by atoms with Crippen molar-refractivity contribution in [3.05, 3.63) is 22.9 Å². The fourth-order valence-electron chi connectivity index (χ4n) is 2.33. The second-order valence-electron chi connectivity index (χ2n) is 4.60. The summed E-state index contributed by atoms with van der Waals surface area (Å²) in [6.07, 6.45) is 8.51. The molecule has 0 aliphatic heterocycles. The number of fused-ring (bicyclic) bond motifs is 1. The van der Waals surface area contributed by atoms with Gasteiger partial charge in [0, 0.05) is 6.07 Å². The molecule has 0 saturated heterocycles. The molecular weight excluding hydrogens is 296 g/mol. The molecule has 0 spiro atoms. The maximum absolute atomic E-state index is 9.93. The summed E-state index contributed by atoms with van der Waals surface area (Å²) in [4.78, 5) is 4.46. The van der Waals surface area contributed by atoms with E-state index >= 15 is 0 Å². The van der Waals surface area contributed by atoms with Crippen LogP contribution in [0.15, 0.2) is 16.7 Å². The summed E-state index contributed by atoms with van der Waals surface area (Å²) in [5.74, 6) is 0.731. The van der Waals surface area contributed by atoms with Crippen molar-refractivity contribution < 1.29 is 5.11 Å². The number of halogens is 1. The van der Waals surface area contributed by atoms with Crippen molar-refractivity contribution in [3.63, 3.8) is 0 Å². The molecule has 1 fully saturated rings. The molecule has 1 saturated carbocycles. The lowest BCUT2D eigenvalue weighted by Crippen LogP contribution is -2.36. The van der Waals surface area contributed by atoms with E-state index in [2.05, 4.69) is 37.5 Å². The van der Waals surface area contributed by atoms with Crippen LogP contribution in [0.25, 0.3) is 5.65 Å². The van der Waals surface area contributed by atoms with Crippen LogP contribution in [-0.2, 0) is 0 Å². The minimum atomic E-state index is -0.287. The number of aliphatic hydroxyl groups is 1. The number of aliphatic hydroxyl groups excluding tert-OH is 1. The third-order valence-corrected chi connectivity index (χ3v) is 3.87. The van der Waals surface area contributed by atoms with Gasteiger partial charge in [-0.15, -0.1) is 0 Å². The SMILES string of the molecule is O[C@@H]1CCCC[C@@H]1Nc1c[c]n2ncc(Br)c2n1. The minimum absolute atomic E-state index is 0.0868. The lowest BCUT2D eigenvalue weighted by Gasteiger charge is -2.28. The Morgan fingerprint density at radius 1 is 1.44 bits per heavy atom. The average Bonchev–Trinajstić information content (AvgIpc) is 2.74. The Hall–Kier alpha value is -1.14. The summed E-state index contributed by atoms with van der Waals surface area (Å²) >= 11 is 3.40. The van der Waals surface area contributed by atoms with Gasteiger partial charge in [-0.25, -0.2) is 9.50 Å². The van der Waals surface area contributed by atoms with Gasteiger partial charge >= 0.3 is 0 Å².